The van der Waals surface area contributed by atoms with Crippen LogP contribution in [0.15, 0.2) is 48.5 Å². The third kappa shape index (κ3) is 3.84. The molecule has 0 saturated carbocycles. The second-order valence-electron chi connectivity index (χ2n) is 6.77. The van der Waals surface area contributed by atoms with Crippen LogP contribution in [0.5, 0.6) is 0 Å². The maximum absolute atomic E-state index is 12.8. The Morgan fingerprint density at radius 3 is 2.50 bits per heavy atom. The number of nitrogens with one attached hydrogen (secondary N) is 2. The lowest BCUT2D eigenvalue weighted by Gasteiger charge is -2.22. The lowest BCUT2D eigenvalue weighted by molar-refractivity contribution is -0.135. The third-order valence-corrected chi connectivity index (χ3v) is 5.30. The average Bonchev–Trinajstić information content (AvgIpc) is 2.86. The summed E-state index contributed by atoms with van der Waals surface area (Å²) in [6, 6.07) is 12.9. The van der Waals surface area contributed by atoms with Gasteiger partial charge in [0.2, 0.25) is 5.91 Å². The van der Waals surface area contributed by atoms with Crippen molar-refractivity contribution in [3.63, 3.8) is 0 Å². The van der Waals surface area contributed by atoms with Crippen LogP contribution in [-0.2, 0) is 15.1 Å². The first-order valence-corrected chi connectivity index (χ1v) is 9.42. The molecule has 6 nitrogen and oxygen atoms in total. The molecule has 0 unspecified atom stereocenters. The van der Waals surface area contributed by atoms with Crippen LogP contribution in [0.25, 0.3) is 0 Å². The molecule has 1 aliphatic heterocycles. The third-order valence-electron chi connectivity index (χ3n) is 4.73. The van der Waals surface area contributed by atoms with E-state index in [-0.39, 0.29) is 6.54 Å². The molecular formula is C20H19Cl2N3O3. The van der Waals surface area contributed by atoms with Gasteiger partial charge in [-0.25, -0.2) is 4.79 Å². The van der Waals surface area contributed by atoms with Gasteiger partial charge in [0.15, 0.2) is 0 Å². The van der Waals surface area contributed by atoms with E-state index >= 15 is 0 Å². The molecule has 0 aliphatic carbocycles. The van der Waals surface area contributed by atoms with E-state index in [1.165, 1.54) is 0 Å². The average molecular weight is 420 g/mol. The van der Waals surface area contributed by atoms with Crippen LogP contribution < -0.4 is 10.6 Å². The number of hydrogen-bond donors (Lipinski definition) is 2. The summed E-state index contributed by atoms with van der Waals surface area (Å²) >= 11 is 12.1. The molecule has 2 aromatic rings. The minimum atomic E-state index is -1.20. The van der Waals surface area contributed by atoms with E-state index < -0.39 is 29.4 Å². The Morgan fingerprint density at radius 2 is 1.86 bits per heavy atom. The van der Waals surface area contributed by atoms with Crippen LogP contribution in [0.4, 0.5) is 4.79 Å². The Balaban J connectivity index is 1.70. The first-order valence-electron chi connectivity index (χ1n) is 8.66. The largest absolute Gasteiger partial charge is 0.348 e. The maximum Gasteiger partial charge on any atom is 0.325 e. The van der Waals surface area contributed by atoms with E-state index in [0.717, 1.165) is 4.90 Å². The highest BCUT2D eigenvalue weighted by molar-refractivity contribution is 6.35. The van der Waals surface area contributed by atoms with Crippen molar-refractivity contribution in [3.05, 3.63) is 69.7 Å². The van der Waals surface area contributed by atoms with Crippen molar-refractivity contribution in [2.24, 2.45) is 0 Å². The van der Waals surface area contributed by atoms with Crippen molar-refractivity contribution >= 4 is 41.0 Å². The summed E-state index contributed by atoms with van der Waals surface area (Å²) in [5.74, 6) is -0.949. The molecule has 3 rings (SSSR count). The van der Waals surface area contributed by atoms with Crippen molar-refractivity contribution in [1.82, 2.24) is 15.5 Å². The number of amides is 4. The van der Waals surface area contributed by atoms with E-state index in [4.69, 9.17) is 23.2 Å². The fraction of sp³-hybridized carbons (Fsp3) is 0.250. The lowest BCUT2D eigenvalue weighted by atomic mass is 9.92. The summed E-state index contributed by atoms with van der Waals surface area (Å²) in [5.41, 5.74) is 0.132. The van der Waals surface area contributed by atoms with Gasteiger partial charge in [-0.1, -0.05) is 59.6 Å². The molecule has 0 spiro atoms. The zero-order valence-electron chi connectivity index (χ0n) is 15.3. The van der Waals surface area contributed by atoms with Crippen molar-refractivity contribution in [2.75, 3.05) is 6.54 Å². The Morgan fingerprint density at radius 1 is 1.18 bits per heavy atom. The van der Waals surface area contributed by atoms with Crippen LogP contribution in [-0.4, -0.2) is 29.3 Å². The van der Waals surface area contributed by atoms with E-state index in [2.05, 4.69) is 10.6 Å². The molecule has 8 heteroatoms. The van der Waals surface area contributed by atoms with Gasteiger partial charge in [-0.15, -0.1) is 0 Å². The van der Waals surface area contributed by atoms with Gasteiger partial charge in [-0.3, -0.25) is 14.5 Å². The number of rotatable bonds is 5. The number of halogens is 2. The predicted molar refractivity (Wildman–Crippen MR) is 107 cm³/mol. The summed E-state index contributed by atoms with van der Waals surface area (Å²) in [6.45, 7) is 2.99. The summed E-state index contributed by atoms with van der Waals surface area (Å²) in [4.78, 5) is 38.5. The van der Waals surface area contributed by atoms with Gasteiger partial charge in [-0.2, -0.15) is 0 Å². The molecule has 0 radical (unpaired) electrons. The zero-order chi connectivity index (χ0) is 20.5. The molecular weight excluding hydrogens is 401 g/mol. The van der Waals surface area contributed by atoms with E-state index in [0.29, 0.717) is 21.2 Å². The topological polar surface area (TPSA) is 78.5 Å². The fourth-order valence-electron chi connectivity index (χ4n) is 3.17. The monoisotopic (exact) mass is 419 g/mol. The number of carbonyl (C=O) groups is 3. The van der Waals surface area contributed by atoms with Gasteiger partial charge < -0.3 is 10.6 Å². The van der Waals surface area contributed by atoms with Crippen LogP contribution in [0.1, 0.15) is 31.0 Å². The quantitative estimate of drug-likeness (QED) is 0.726. The second kappa shape index (κ2) is 7.81. The molecule has 4 amide bonds. The van der Waals surface area contributed by atoms with Crippen LogP contribution in [0.3, 0.4) is 0 Å². The molecule has 1 heterocycles. The standard InChI is InChI=1S/C20H19Cl2N3O3/c1-12(15-9-8-14(21)10-16(15)22)23-17(26)11-25-18(27)20(2,24-19(25)28)13-6-4-3-5-7-13/h3-10,12H,11H2,1-2H3,(H,23,26)(H,24,28)/t12-,20+/m1/s1. The van der Waals surface area contributed by atoms with Gasteiger partial charge >= 0.3 is 6.03 Å². The van der Waals surface area contributed by atoms with Gasteiger partial charge in [0, 0.05) is 10.0 Å². The highest BCUT2D eigenvalue weighted by atomic mass is 35.5. The number of benzene rings is 2. The molecule has 1 saturated heterocycles. The summed E-state index contributed by atoms with van der Waals surface area (Å²) in [6.07, 6.45) is 0. The van der Waals surface area contributed by atoms with Crippen molar-refractivity contribution in [2.45, 2.75) is 25.4 Å². The van der Waals surface area contributed by atoms with E-state index in [1.54, 1.807) is 56.3 Å². The van der Waals surface area contributed by atoms with Crippen molar-refractivity contribution in [1.29, 1.82) is 0 Å². The predicted octanol–water partition coefficient (Wildman–Crippen LogP) is 3.64. The molecule has 28 heavy (non-hydrogen) atoms. The summed E-state index contributed by atoms with van der Waals surface area (Å²) in [5, 5.41) is 6.34. The molecule has 2 N–H and O–H groups in total. The molecule has 0 bridgehead atoms. The SMILES string of the molecule is C[C@@H](NC(=O)CN1C(=O)N[C@@](C)(c2ccccc2)C1=O)c1ccc(Cl)cc1Cl. The first-order chi connectivity index (χ1) is 13.2. The van der Waals surface area contributed by atoms with Gasteiger partial charge in [0.05, 0.1) is 6.04 Å². The van der Waals surface area contributed by atoms with Crippen LogP contribution >= 0.6 is 23.2 Å². The van der Waals surface area contributed by atoms with Crippen LogP contribution in [0.2, 0.25) is 10.0 Å². The van der Waals surface area contributed by atoms with Gasteiger partial charge in [0.25, 0.3) is 5.91 Å². The van der Waals surface area contributed by atoms with Crippen molar-refractivity contribution in [3.8, 4) is 0 Å². The number of urea groups is 1. The molecule has 2 aromatic carbocycles. The molecule has 2 atom stereocenters. The minimum Gasteiger partial charge on any atom is -0.348 e. The first kappa shape index (κ1) is 20.2. The van der Waals surface area contributed by atoms with E-state index in [9.17, 15) is 14.4 Å². The van der Waals surface area contributed by atoms with Gasteiger partial charge in [0.1, 0.15) is 12.1 Å². The highest BCUT2D eigenvalue weighted by Gasteiger charge is 2.49. The molecule has 0 aromatic heterocycles. The number of imide groups is 1. The van der Waals surface area contributed by atoms with Crippen molar-refractivity contribution < 1.29 is 14.4 Å². The Hall–Kier alpha value is -2.57. The number of hydrogen-bond acceptors (Lipinski definition) is 3. The fourth-order valence-corrected chi connectivity index (χ4v) is 3.74. The zero-order valence-corrected chi connectivity index (χ0v) is 16.8. The lowest BCUT2D eigenvalue weighted by Crippen LogP contribution is -2.43. The normalized spacial score (nSPS) is 20.1. The summed E-state index contributed by atoms with van der Waals surface area (Å²) < 4.78 is 0. The molecule has 1 aliphatic rings. The Labute approximate surface area is 172 Å². The van der Waals surface area contributed by atoms with E-state index in [1.807, 2.05) is 6.07 Å². The minimum absolute atomic E-state index is 0.386. The number of carbonyl (C=O) groups excluding carboxylic acids is 3. The summed E-state index contributed by atoms with van der Waals surface area (Å²) in [7, 11) is 0. The Kier molecular flexibility index (Phi) is 5.63. The molecule has 1 fully saturated rings. The number of nitrogens with zero attached hydrogens (tertiary/aromatic N) is 1. The van der Waals surface area contributed by atoms with Gasteiger partial charge in [-0.05, 0) is 37.1 Å². The Bertz CT molecular complexity index is 936. The highest BCUT2D eigenvalue weighted by Crippen LogP contribution is 2.29. The molecule has 146 valence electrons. The smallest absolute Gasteiger partial charge is 0.325 e. The second-order valence-corrected chi connectivity index (χ2v) is 7.61. The van der Waals surface area contributed by atoms with Crippen LogP contribution in [0, 0.1) is 0 Å². The maximum atomic E-state index is 12.8.